The fourth-order valence-corrected chi connectivity index (χ4v) is 0. The third-order valence-corrected chi connectivity index (χ3v) is 0.591. The maximum Gasteiger partial charge on any atom is 0.0587 e. The second-order valence-electron chi connectivity index (χ2n) is 1.48. The molecule has 0 aromatic rings. The molecule has 2 nitrogen and oxygen atoms in total. The average molecular weight is 115 g/mol. The van der Waals surface area contributed by atoms with Crippen molar-refractivity contribution >= 4 is 0 Å². The minimum Gasteiger partial charge on any atom is -0.393 e. The van der Waals surface area contributed by atoms with Crippen LogP contribution in [-0.2, 0) is 0 Å². The van der Waals surface area contributed by atoms with Crippen LogP contribution in [0.4, 0.5) is 0 Å². The van der Waals surface area contributed by atoms with Crippen molar-refractivity contribution in [3.05, 3.63) is 0 Å². The van der Waals surface area contributed by atoms with E-state index in [1.54, 1.807) is 13.0 Å². The number of hydrogen-bond acceptors (Lipinski definition) is 2. The van der Waals surface area contributed by atoms with Gasteiger partial charge in [0.2, 0.25) is 0 Å². The molecule has 1 unspecified atom stereocenters. The molecule has 48 valence electrons. The van der Waals surface area contributed by atoms with Gasteiger partial charge in [0.25, 0.3) is 0 Å². The lowest BCUT2D eigenvalue weighted by molar-refractivity contribution is 0.191. The predicted octanol–water partition coefficient (Wildman–Crippen LogP) is 1.31. The monoisotopic (exact) mass is 115 g/mol. The van der Waals surface area contributed by atoms with Crippen molar-refractivity contribution < 1.29 is 5.11 Å². The minimum absolute atomic E-state index is 0.116. The van der Waals surface area contributed by atoms with Gasteiger partial charge in [-0.05, 0) is 13.3 Å². The van der Waals surface area contributed by atoms with Crippen molar-refractivity contribution in [2.45, 2.75) is 33.3 Å². The molecule has 0 saturated carbocycles. The van der Waals surface area contributed by atoms with Gasteiger partial charge < -0.3 is 5.11 Å². The summed E-state index contributed by atoms with van der Waals surface area (Å²) in [5.74, 6) is 0. The molecule has 1 N–H and O–H groups in total. The Morgan fingerprint density at radius 3 is 1.88 bits per heavy atom. The van der Waals surface area contributed by atoms with Gasteiger partial charge in [0.1, 0.15) is 0 Å². The van der Waals surface area contributed by atoms with Crippen LogP contribution < -0.4 is 0 Å². The third kappa shape index (κ3) is 51.3. The number of aliphatic hydroxyl groups is 1. The van der Waals surface area contributed by atoms with Gasteiger partial charge >= 0.3 is 0 Å². The van der Waals surface area contributed by atoms with Gasteiger partial charge in [-0.3, -0.25) is 0 Å². The van der Waals surface area contributed by atoms with Crippen molar-refractivity contribution in [1.29, 1.82) is 5.26 Å². The van der Waals surface area contributed by atoms with Crippen molar-refractivity contribution in [1.82, 2.24) is 0 Å². The first-order valence-corrected chi connectivity index (χ1v) is 2.67. The highest BCUT2D eigenvalue weighted by Gasteiger charge is 1.81. The van der Waals surface area contributed by atoms with Crippen LogP contribution >= 0.6 is 0 Å². The van der Waals surface area contributed by atoms with Gasteiger partial charge in [0.05, 0.1) is 12.2 Å². The highest BCUT2D eigenvalue weighted by molar-refractivity contribution is 4.51. The third-order valence-electron chi connectivity index (χ3n) is 0.591. The topological polar surface area (TPSA) is 44.0 Å². The number of nitrogens with zero attached hydrogens (tertiary/aromatic N) is 1. The lowest BCUT2D eigenvalue weighted by Crippen LogP contribution is -1.93. The molecule has 0 aromatic heterocycles. The second-order valence-corrected chi connectivity index (χ2v) is 1.48. The summed E-state index contributed by atoms with van der Waals surface area (Å²) in [6.45, 7) is 5.16. The molecular weight excluding hydrogens is 102 g/mol. The van der Waals surface area contributed by atoms with Crippen LogP contribution in [0.25, 0.3) is 0 Å². The highest BCUT2D eigenvalue weighted by Crippen LogP contribution is 1.81. The Labute approximate surface area is 50.8 Å². The van der Waals surface area contributed by atoms with Crippen molar-refractivity contribution in [2.75, 3.05) is 0 Å². The summed E-state index contributed by atoms with van der Waals surface area (Å²) in [6, 6.07) is 1.75. The Balaban J connectivity index is 0. The molecule has 1 atom stereocenters. The van der Waals surface area contributed by atoms with Crippen LogP contribution in [0.5, 0.6) is 0 Å². The fourth-order valence-electron chi connectivity index (χ4n) is 0. The zero-order valence-electron chi connectivity index (χ0n) is 5.68. The van der Waals surface area contributed by atoms with Gasteiger partial charge in [-0.2, -0.15) is 5.26 Å². The van der Waals surface area contributed by atoms with E-state index in [1.807, 2.05) is 6.92 Å². The van der Waals surface area contributed by atoms with E-state index >= 15 is 0 Å². The van der Waals surface area contributed by atoms with E-state index in [1.165, 1.54) is 6.92 Å². The number of rotatable bonds is 1. The van der Waals surface area contributed by atoms with E-state index in [0.717, 1.165) is 6.42 Å². The summed E-state index contributed by atoms with van der Waals surface area (Å²) in [4.78, 5) is 0. The maximum absolute atomic E-state index is 8.36. The van der Waals surface area contributed by atoms with E-state index in [9.17, 15) is 0 Å². The maximum atomic E-state index is 8.36. The van der Waals surface area contributed by atoms with Gasteiger partial charge in [0.15, 0.2) is 0 Å². The Hall–Kier alpha value is -0.550. The lowest BCUT2D eigenvalue weighted by atomic mass is 10.3. The van der Waals surface area contributed by atoms with Crippen LogP contribution in [0.15, 0.2) is 0 Å². The molecule has 2 heteroatoms. The summed E-state index contributed by atoms with van der Waals surface area (Å²) < 4.78 is 0. The first-order chi connectivity index (χ1) is 3.68. The summed E-state index contributed by atoms with van der Waals surface area (Å²) in [5, 5.41) is 15.7. The lowest BCUT2D eigenvalue weighted by Gasteiger charge is -1.90. The van der Waals surface area contributed by atoms with Crippen LogP contribution in [-0.4, -0.2) is 11.2 Å². The highest BCUT2D eigenvalue weighted by atomic mass is 16.3. The number of nitriles is 1. The van der Waals surface area contributed by atoms with E-state index in [4.69, 9.17) is 10.4 Å². The van der Waals surface area contributed by atoms with Crippen molar-refractivity contribution in [2.24, 2.45) is 0 Å². The molecule has 0 aliphatic heterocycles. The number of hydrogen-bond donors (Lipinski definition) is 1. The van der Waals surface area contributed by atoms with Crippen LogP contribution in [0, 0.1) is 11.3 Å². The van der Waals surface area contributed by atoms with E-state index in [0.29, 0.717) is 0 Å². The molecule has 0 heterocycles. The average Bonchev–Trinajstić information content (AvgIpc) is 1.69. The first kappa shape index (κ1) is 10.4. The second kappa shape index (κ2) is 9.67. The molecule has 0 bridgehead atoms. The minimum atomic E-state index is -0.116. The molecule has 0 spiro atoms. The van der Waals surface area contributed by atoms with Crippen molar-refractivity contribution in [3.63, 3.8) is 0 Å². The van der Waals surface area contributed by atoms with Gasteiger partial charge in [-0.15, -0.1) is 0 Å². The Morgan fingerprint density at radius 1 is 1.75 bits per heavy atom. The van der Waals surface area contributed by atoms with E-state index in [-0.39, 0.29) is 6.10 Å². The van der Waals surface area contributed by atoms with Gasteiger partial charge in [-0.1, -0.05) is 6.92 Å². The van der Waals surface area contributed by atoms with Crippen molar-refractivity contribution in [3.8, 4) is 6.07 Å². The molecule has 0 rings (SSSR count). The predicted molar refractivity (Wildman–Crippen MR) is 33.3 cm³/mol. The molecule has 8 heavy (non-hydrogen) atoms. The van der Waals surface area contributed by atoms with E-state index < -0.39 is 0 Å². The first-order valence-electron chi connectivity index (χ1n) is 2.67. The number of aliphatic hydroxyl groups excluding tert-OH is 1. The Morgan fingerprint density at radius 2 is 1.88 bits per heavy atom. The standard InChI is InChI=1S/C4H10O.C2H3N/c1-3-4(2)5;1-2-3/h4-5H,3H2,1-2H3;1H3. The largest absolute Gasteiger partial charge is 0.393 e. The summed E-state index contributed by atoms with van der Waals surface area (Å²) >= 11 is 0. The summed E-state index contributed by atoms with van der Waals surface area (Å²) in [7, 11) is 0. The Kier molecular flexibility index (Phi) is 12.6. The quantitative estimate of drug-likeness (QED) is 0.560. The van der Waals surface area contributed by atoms with Crippen LogP contribution in [0.2, 0.25) is 0 Å². The van der Waals surface area contributed by atoms with Gasteiger partial charge in [-0.25, -0.2) is 0 Å². The van der Waals surface area contributed by atoms with E-state index in [2.05, 4.69) is 0 Å². The molecular formula is C6H13NO. The smallest absolute Gasteiger partial charge is 0.0587 e. The molecule has 0 amide bonds. The summed E-state index contributed by atoms with van der Waals surface area (Å²) in [6.07, 6.45) is 0.745. The molecule has 0 radical (unpaired) electrons. The molecule has 0 fully saturated rings. The van der Waals surface area contributed by atoms with Crippen LogP contribution in [0.1, 0.15) is 27.2 Å². The normalized spacial score (nSPS) is 10.4. The van der Waals surface area contributed by atoms with Crippen LogP contribution in [0.3, 0.4) is 0 Å². The molecule has 0 aliphatic rings. The zero-order chi connectivity index (χ0) is 6.99. The zero-order valence-corrected chi connectivity index (χ0v) is 5.68. The molecule has 0 aliphatic carbocycles. The summed E-state index contributed by atoms with van der Waals surface area (Å²) in [5.41, 5.74) is 0. The molecule has 0 aromatic carbocycles. The fraction of sp³-hybridized carbons (Fsp3) is 0.833. The van der Waals surface area contributed by atoms with Gasteiger partial charge in [0, 0.05) is 6.92 Å². The molecule has 0 saturated heterocycles. The SMILES string of the molecule is CC#N.CCC(C)O. The Bertz CT molecular complexity index is 63.4.